The average molecular weight is 302 g/mol. The van der Waals surface area contributed by atoms with Crippen molar-refractivity contribution >= 4 is 23.5 Å². The van der Waals surface area contributed by atoms with Crippen LogP contribution in [0.3, 0.4) is 0 Å². The first-order chi connectivity index (χ1) is 11.2. The number of nitrogens with zero attached hydrogens (tertiary/aromatic N) is 2. The molecule has 2 heterocycles. The summed E-state index contributed by atoms with van der Waals surface area (Å²) in [6.07, 6.45) is 4.41. The van der Waals surface area contributed by atoms with Crippen LogP contribution in [0, 0.1) is 0 Å². The van der Waals surface area contributed by atoms with Gasteiger partial charge < -0.3 is 4.98 Å². The first-order valence-corrected chi connectivity index (χ1v) is 8.33. The van der Waals surface area contributed by atoms with E-state index in [9.17, 15) is 0 Å². The van der Waals surface area contributed by atoms with Gasteiger partial charge in [0.15, 0.2) is 0 Å². The number of nitrogens with one attached hydrogen (secondary N) is 1. The number of H-pyrrole nitrogens is 1. The minimum absolute atomic E-state index is 0.437. The zero-order valence-corrected chi connectivity index (χ0v) is 13.7. The molecule has 1 N–H and O–H groups in total. The summed E-state index contributed by atoms with van der Waals surface area (Å²) in [5.74, 6) is 1.09. The molecule has 3 aromatic rings. The number of imidazole rings is 1. The molecule has 0 saturated carbocycles. The van der Waals surface area contributed by atoms with Crippen LogP contribution in [0.25, 0.3) is 22.0 Å². The number of aromatic amines is 1. The molecule has 0 amide bonds. The SMILES string of the molecule is C[B]c1ccc2cc(-c3cnc([C@@H]4CCCN4C)[nH]3)ccc2c1. The van der Waals surface area contributed by atoms with E-state index in [1.807, 2.05) is 6.20 Å². The van der Waals surface area contributed by atoms with Crippen LogP contribution in [0.2, 0.25) is 6.82 Å². The summed E-state index contributed by atoms with van der Waals surface area (Å²) in [4.78, 5) is 10.5. The maximum atomic E-state index is 4.63. The van der Waals surface area contributed by atoms with Crippen LogP contribution in [0.4, 0.5) is 0 Å². The second-order valence-electron chi connectivity index (χ2n) is 6.43. The van der Waals surface area contributed by atoms with Crippen molar-refractivity contribution in [2.45, 2.75) is 25.7 Å². The molecule has 1 aliphatic rings. The van der Waals surface area contributed by atoms with Crippen molar-refractivity contribution in [3.8, 4) is 11.3 Å². The monoisotopic (exact) mass is 302 g/mol. The molecule has 4 rings (SSSR count). The summed E-state index contributed by atoms with van der Waals surface area (Å²) in [7, 11) is 4.31. The summed E-state index contributed by atoms with van der Waals surface area (Å²) < 4.78 is 0. The Morgan fingerprint density at radius 1 is 1.17 bits per heavy atom. The fourth-order valence-electron chi connectivity index (χ4n) is 3.52. The Morgan fingerprint density at radius 2 is 2.00 bits per heavy atom. The van der Waals surface area contributed by atoms with E-state index in [1.54, 1.807) is 0 Å². The number of fused-ring (bicyclic) bond motifs is 1. The van der Waals surface area contributed by atoms with E-state index in [0.717, 1.165) is 18.1 Å². The van der Waals surface area contributed by atoms with Gasteiger partial charge in [0.05, 0.1) is 17.9 Å². The molecule has 4 heteroatoms. The van der Waals surface area contributed by atoms with E-state index >= 15 is 0 Å². The summed E-state index contributed by atoms with van der Waals surface area (Å²) in [5, 5.41) is 2.54. The highest BCUT2D eigenvalue weighted by atomic mass is 15.2. The second kappa shape index (κ2) is 5.86. The van der Waals surface area contributed by atoms with Gasteiger partial charge >= 0.3 is 0 Å². The lowest BCUT2D eigenvalue weighted by molar-refractivity contribution is 0.307. The van der Waals surface area contributed by atoms with E-state index in [1.165, 1.54) is 34.6 Å². The quantitative estimate of drug-likeness (QED) is 0.752. The van der Waals surface area contributed by atoms with Crippen molar-refractivity contribution in [1.82, 2.24) is 14.9 Å². The van der Waals surface area contributed by atoms with Crippen LogP contribution in [0.1, 0.15) is 24.7 Å². The fourth-order valence-corrected chi connectivity index (χ4v) is 3.52. The normalized spacial score (nSPS) is 18.6. The molecule has 1 aromatic heterocycles. The average Bonchev–Trinajstić information content (AvgIpc) is 3.22. The minimum atomic E-state index is 0.437. The standard InChI is InChI=1S/C19H21BN3/c1-20-16-8-7-13-10-15(6-5-14(13)11-16)17-12-21-19(22-17)18-4-3-9-23(18)2/h5-8,10-12,18H,3-4,9H2,1-2H3,(H,21,22)/t18-/m0/s1. The number of hydrogen-bond donors (Lipinski definition) is 1. The minimum Gasteiger partial charge on any atom is -0.341 e. The fraction of sp³-hybridized carbons (Fsp3) is 0.316. The summed E-state index contributed by atoms with van der Waals surface area (Å²) >= 11 is 0. The molecule has 0 spiro atoms. The van der Waals surface area contributed by atoms with Crippen molar-refractivity contribution < 1.29 is 0 Å². The van der Waals surface area contributed by atoms with Crippen LogP contribution >= 0.6 is 0 Å². The summed E-state index contributed by atoms with van der Waals surface area (Å²) in [5.41, 5.74) is 3.57. The zero-order valence-electron chi connectivity index (χ0n) is 13.7. The van der Waals surface area contributed by atoms with E-state index in [0.29, 0.717) is 6.04 Å². The van der Waals surface area contributed by atoms with Gasteiger partial charge in [-0.1, -0.05) is 42.6 Å². The van der Waals surface area contributed by atoms with Crippen LogP contribution in [-0.4, -0.2) is 35.7 Å². The number of rotatable bonds is 3. The lowest BCUT2D eigenvalue weighted by atomic mass is 9.73. The highest BCUT2D eigenvalue weighted by molar-refractivity contribution is 6.52. The number of aromatic nitrogens is 2. The number of hydrogen-bond acceptors (Lipinski definition) is 2. The molecule has 1 saturated heterocycles. The van der Waals surface area contributed by atoms with Gasteiger partial charge in [-0.3, -0.25) is 4.90 Å². The van der Waals surface area contributed by atoms with Crippen LogP contribution in [0.5, 0.6) is 0 Å². The maximum Gasteiger partial charge on any atom is 0.148 e. The Bertz CT molecular complexity index is 840. The van der Waals surface area contributed by atoms with Crippen LogP contribution in [0.15, 0.2) is 42.6 Å². The predicted molar refractivity (Wildman–Crippen MR) is 97.4 cm³/mol. The topological polar surface area (TPSA) is 31.9 Å². The maximum absolute atomic E-state index is 4.63. The third-order valence-corrected chi connectivity index (χ3v) is 4.94. The van der Waals surface area contributed by atoms with E-state index in [-0.39, 0.29) is 0 Å². The molecule has 0 unspecified atom stereocenters. The second-order valence-corrected chi connectivity index (χ2v) is 6.43. The van der Waals surface area contributed by atoms with Gasteiger partial charge in [-0.25, -0.2) is 4.98 Å². The Morgan fingerprint density at radius 3 is 2.78 bits per heavy atom. The Hall–Kier alpha value is -2.07. The van der Waals surface area contributed by atoms with E-state index in [4.69, 9.17) is 0 Å². The lowest BCUT2D eigenvalue weighted by Gasteiger charge is -2.16. The van der Waals surface area contributed by atoms with Crippen molar-refractivity contribution in [3.63, 3.8) is 0 Å². The van der Waals surface area contributed by atoms with Crippen molar-refractivity contribution in [2.75, 3.05) is 13.6 Å². The first-order valence-electron chi connectivity index (χ1n) is 8.33. The Kier molecular flexibility index (Phi) is 3.70. The van der Waals surface area contributed by atoms with E-state index in [2.05, 4.69) is 72.4 Å². The van der Waals surface area contributed by atoms with E-state index < -0.39 is 0 Å². The van der Waals surface area contributed by atoms with Gasteiger partial charge in [0.25, 0.3) is 0 Å². The smallest absolute Gasteiger partial charge is 0.148 e. The summed E-state index contributed by atoms with van der Waals surface area (Å²) in [6.45, 7) is 3.23. The number of benzene rings is 2. The molecular weight excluding hydrogens is 281 g/mol. The molecule has 1 aliphatic heterocycles. The van der Waals surface area contributed by atoms with Gasteiger partial charge in [0.2, 0.25) is 0 Å². The number of likely N-dealkylation sites (tertiary alicyclic amines) is 1. The lowest BCUT2D eigenvalue weighted by Crippen LogP contribution is -2.18. The highest BCUT2D eigenvalue weighted by Gasteiger charge is 2.25. The summed E-state index contributed by atoms with van der Waals surface area (Å²) in [6, 6.07) is 13.6. The molecule has 1 radical (unpaired) electrons. The van der Waals surface area contributed by atoms with Gasteiger partial charge in [-0.2, -0.15) is 0 Å². The third kappa shape index (κ3) is 2.68. The van der Waals surface area contributed by atoms with Gasteiger partial charge in [-0.15, -0.1) is 0 Å². The van der Waals surface area contributed by atoms with Crippen molar-refractivity contribution in [2.24, 2.45) is 0 Å². The first kappa shape index (κ1) is 14.5. The molecule has 1 atom stereocenters. The predicted octanol–water partition coefficient (Wildman–Crippen LogP) is 3.37. The van der Waals surface area contributed by atoms with Gasteiger partial charge in [-0.05, 0) is 43.3 Å². The molecule has 2 aromatic carbocycles. The highest BCUT2D eigenvalue weighted by Crippen LogP contribution is 2.30. The Labute approximate surface area is 138 Å². The molecular formula is C19H21BN3. The Balaban J connectivity index is 1.67. The van der Waals surface area contributed by atoms with Gasteiger partial charge in [0.1, 0.15) is 13.1 Å². The third-order valence-electron chi connectivity index (χ3n) is 4.94. The molecule has 115 valence electrons. The van der Waals surface area contributed by atoms with Crippen LogP contribution < -0.4 is 5.46 Å². The van der Waals surface area contributed by atoms with Crippen LogP contribution in [-0.2, 0) is 0 Å². The molecule has 23 heavy (non-hydrogen) atoms. The zero-order chi connectivity index (χ0) is 15.8. The largest absolute Gasteiger partial charge is 0.341 e. The van der Waals surface area contributed by atoms with Crippen molar-refractivity contribution in [3.05, 3.63) is 48.4 Å². The molecule has 0 bridgehead atoms. The molecule has 0 aliphatic carbocycles. The molecule has 1 fully saturated rings. The van der Waals surface area contributed by atoms with Gasteiger partial charge in [0, 0.05) is 5.56 Å². The van der Waals surface area contributed by atoms with Crippen molar-refractivity contribution in [1.29, 1.82) is 0 Å². The molecule has 3 nitrogen and oxygen atoms in total.